The first kappa shape index (κ1) is 14.6. The fraction of sp³-hybridized carbons (Fsp3) is 0.889. The summed E-state index contributed by atoms with van der Waals surface area (Å²) >= 11 is 0. The molecular formula is C18H32N2. The third-order valence-corrected chi connectivity index (χ3v) is 5.84. The van der Waals surface area contributed by atoms with Gasteiger partial charge in [-0.1, -0.05) is 31.9 Å². The Labute approximate surface area is 125 Å². The van der Waals surface area contributed by atoms with Crippen LogP contribution < -0.4 is 0 Å². The second kappa shape index (κ2) is 7.09. The summed E-state index contributed by atoms with van der Waals surface area (Å²) in [4.78, 5) is 5.54. The number of piperazine rings is 1. The Morgan fingerprint density at radius 1 is 0.950 bits per heavy atom. The Morgan fingerprint density at radius 2 is 1.75 bits per heavy atom. The van der Waals surface area contributed by atoms with Crippen LogP contribution in [0.15, 0.2) is 12.2 Å². The largest absolute Gasteiger partial charge is 0.301 e. The highest BCUT2D eigenvalue weighted by molar-refractivity contribution is 4.92. The second-order valence-electron chi connectivity index (χ2n) is 7.32. The van der Waals surface area contributed by atoms with Crippen LogP contribution in [-0.2, 0) is 0 Å². The van der Waals surface area contributed by atoms with Crippen LogP contribution in [0.25, 0.3) is 0 Å². The molecule has 2 fully saturated rings. The van der Waals surface area contributed by atoms with E-state index in [2.05, 4.69) is 28.9 Å². The Balaban J connectivity index is 1.43. The van der Waals surface area contributed by atoms with Gasteiger partial charge in [0, 0.05) is 38.8 Å². The maximum absolute atomic E-state index is 2.81. The van der Waals surface area contributed by atoms with E-state index < -0.39 is 0 Å². The third-order valence-electron chi connectivity index (χ3n) is 5.84. The molecule has 3 rings (SSSR count). The smallest absolute Gasteiger partial charge is 0.0122 e. The fourth-order valence-electron chi connectivity index (χ4n) is 4.50. The maximum Gasteiger partial charge on any atom is 0.0122 e. The van der Waals surface area contributed by atoms with E-state index in [1.54, 1.807) is 0 Å². The summed E-state index contributed by atoms with van der Waals surface area (Å²) in [7, 11) is 0. The summed E-state index contributed by atoms with van der Waals surface area (Å²) in [6.07, 6.45) is 14.6. The summed E-state index contributed by atoms with van der Waals surface area (Å²) in [6.45, 7) is 9.07. The van der Waals surface area contributed by atoms with E-state index in [1.165, 1.54) is 77.7 Å². The molecular weight excluding hydrogens is 244 g/mol. The number of allylic oxidation sites excluding steroid dienone is 2. The van der Waals surface area contributed by atoms with Crippen molar-refractivity contribution in [3.8, 4) is 0 Å². The lowest BCUT2D eigenvalue weighted by atomic mass is 9.84. The van der Waals surface area contributed by atoms with Crippen LogP contribution in [0.4, 0.5) is 0 Å². The lowest BCUT2D eigenvalue weighted by Crippen LogP contribution is -2.53. The molecule has 0 aromatic rings. The predicted molar refractivity (Wildman–Crippen MR) is 85.9 cm³/mol. The molecule has 1 heterocycles. The molecule has 114 valence electrons. The van der Waals surface area contributed by atoms with Crippen molar-refractivity contribution < 1.29 is 0 Å². The SMILES string of the molecule is C[C@H]1CCCC[C@H]1N1CCN(C[C@H]2CC=CCC2)CC1. The maximum atomic E-state index is 2.81. The number of hydrogen-bond donors (Lipinski definition) is 0. The Kier molecular flexibility index (Phi) is 5.17. The zero-order valence-electron chi connectivity index (χ0n) is 13.3. The molecule has 0 radical (unpaired) electrons. The molecule has 2 aliphatic carbocycles. The van der Waals surface area contributed by atoms with E-state index >= 15 is 0 Å². The van der Waals surface area contributed by atoms with Crippen molar-refractivity contribution in [3.05, 3.63) is 12.2 Å². The molecule has 1 aliphatic heterocycles. The van der Waals surface area contributed by atoms with Gasteiger partial charge in [0.15, 0.2) is 0 Å². The third kappa shape index (κ3) is 3.65. The summed E-state index contributed by atoms with van der Waals surface area (Å²) < 4.78 is 0. The lowest BCUT2D eigenvalue weighted by molar-refractivity contribution is 0.0481. The van der Waals surface area contributed by atoms with Crippen LogP contribution in [0, 0.1) is 11.8 Å². The van der Waals surface area contributed by atoms with Gasteiger partial charge in [0.05, 0.1) is 0 Å². The zero-order chi connectivity index (χ0) is 13.8. The van der Waals surface area contributed by atoms with Gasteiger partial charge in [-0.3, -0.25) is 4.90 Å². The van der Waals surface area contributed by atoms with Gasteiger partial charge < -0.3 is 4.90 Å². The van der Waals surface area contributed by atoms with Crippen LogP contribution in [0.1, 0.15) is 51.9 Å². The van der Waals surface area contributed by atoms with Crippen molar-refractivity contribution in [2.45, 2.75) is 57.9 Å². The molecule has 2 heteroatoms. The van der Waals surface area contributed by atoms with Gasteiger partial charge in [0.25, 0.3) is 0 Å². The van der Waals surface area contributed by atoms with Crippen LogP contribution in [-0.4, -0.2) is 48.6 Å². The van der Waals surface area contributed by atoms with Crippen molar-refractivity contribution in [2.24, 2.45) is 11.8 Å². The molecule has 0 unspecified atom stereocenters. The topological polar surface area (TPSA) is 6.48 Å². The van der Waals surface area contributed by atoms with Gasteiger partial charge in [0.2, 0.25) is 0 Å². The standard InChI is InChI=1S/C18H32N2/c1-16-7-5-6-10-18(16)20-13-11-19(12-14-20)15-17-8-3-2-4-9-17/h2-3,16-18H,4-15H2,1H3/t16-,17-,18+/m0/s1. The first-order valence-corrected chi connectivity index (χ1v) is 8.94. The summed E-state index contributed by atoms with van der Waals surface area (Å²) in [5, 5.41) is 0. The van der Waals surface area contributed by atoms with Crippen LogP contribution >= 0.6 is 0 Å². The molecule has 3 aliphatic rings. The predicted octanol–water partition coefficient (Wildman–Crippen LogP) is 3.54. The highest BCUT2D eigenvalue weighted by Gasteiger charge is 2.29. The Morgan fingerprint density at radius 3 is 2.45 bits per heavy atom. The lowest BCUT2D eigenvalue weighted by Gasteiger charge is -2.44. The van der Waals surface area contributed by atoms with Gasteiger partial charge in [-0.05, 0) is 43.9 Å². The van der Waals surface area contributed by atoms with E-state index in [0.29, 0.717) is 0 Å². The minimum Gasteiger partial charge on any atom is -0.301 e. The molecule has 1 saturated heterocycles. The second-order valence-corrected chi connectivity index (χ2v) is 7.32. The van der Waals surface area contributed by atoms with Crippen molar-refractivity contribution in [3.63, 3.8) is 0 Å². The number of rotatable bonds is 3. The van der Waals surface area contributed by atoms with Gasteiger partial charge >= 0.3 is 0 Å². The van der Waals surface area contributed by atoms with Crippen molar-refractivity contribution in [1.82, 2.24) is 9.80 Å². The molecule has 0 spiro atoms. The Bertz CT molecular complexity index is 317. The molecule has 2 nitrogen and oxygen atoms in total. The van der Waals surface area contributed by atoms with Crippen molar-refractivity contribution >= 4 is 0 Å². The fourth-order valence-corrected chi connectivity index (χ4v) is 4.50. The summed E-state index contributed by atoms with van der Waals surface area (Å²) in [5.41, 5.74) is 0. The van der Waals surface area contributed by atoms with Crippen molar-refractivity contribution in [1.29, 1.82) is 0 Å². The summed E-state index contributed by atoms with van der Waals surface area (Å²) in [5.74, 6) is 1.86. The number of nitrogens with zero attached hydrogens (tertiary/aromatic N) is 2. The quantitative estimate of drug-likeness (QED) is 0.728. The molecule has 3 atom stereocenters. The normalized spacial score (nSPS) is 37.1. The average Bonchev–Trinajstić information content (AvgIpc) is 2.50. The molecule has 20 heavy (non-hydrogen) atoms. The van der Waals surface area contributed by atoms with E-state index in [-0.39, 0.29) is 0 Å². The average molecular weight is 276 g/mol. The molecule has 0 aromatic carbocycles. The van der Waals surface area contributed by atoms with Gasteiger partial charge in [-0.2, -0.15) is 0 Å². The molecule has 0 bridgehead atoms. The van der Waals surface area contributed by atoms with Crippen LogP contribution in [0.3, 0.4) is 0 Å². The van der Waals surface area contributed by atoms with Crippen molar-refractivity contribution in [2.75, 3.05) is 32.7 Å². The van der Waals surface area contributed by atoms with E-state index in [4.69, 9.17) is 0 Å². The van der Waals surface area contributed by atoms with Gasteiger partial charge in [-0.25, -0.2) is 0 Å². The highest BCUT2D eigenvalue weighted by Crippen LogP contribution is 2.29. The molecule has 0 amide bonds. The molecule has 0 aromatic heterocycles. The monoisotopic (exact) mass is 276 g/mol. The first-order chi connectivity index (χ1) is 9.83. The van der Waals surface area contributed by atoms with Crippen LogP contribution in [0.5, 0.6) is 0 Å². The van der Waals surface area contributed by atoms with Gasteiger partial charge in [0.1, 0.15) is 0 Å². The van der Waals surface area contributed by atoms with Gasteiger partial charge in [-0.15, -0.1) is 0 Å². The van der Waals surface area contributed by atoms with E-state index in [0.717, 1.165) is 17.9 Å². The molecule has 0 N–H and O–H groups in total. The first-order valence-electron chi connectivity index (χ1n) is 8.94. The zero-order valence-corrected chi connectivity index (χ0v) is 13.3. The number of hydrogen-bond acceptors (Lipinski definition) is 2. The van der Waals surface area contributed by atoms with Crippen LogP contribution in [0.2, 0.25) is 0 Å². The Hall–Kier alpha value is -0.340. The molecule has 1 saturated carbocycles. The summed E-state index contributed by atoms with van der Waals surface area (Å²) in [6, 6.07) is 0.892. The highest BCUT2D eigenvalue weighted by atomic mass is 15.3. The minimum atomic E-state index is 0.892. The van der Waals surface area contributed by atoms with E-state index in [9.17, 15) is 0 Å². The minimum absolute atomic E-state index is 0.892. The van der Waals surface area contributed by atoms with E-state index in [1.807, 2.05) is 0 Å².